The van der Waals surface area contributed by atoms with Crippen molar-refractivity contribution in [1.29, 1.82) is 0 Å². The third-order valence-corrected chi connectivity index (χ3v) is 6.77. The molecule has 0 aromatic heterocycles. The lowest BCUT2D eigenvalue weighted by atomic mass is 9.98. The highest BCUT2D eigenvalue weighted by Gasteiger charge is 2.26. The van der Waals surface area contributed by atoms with Crippen LogP contribution >= 0.6 is 24.0 Å². The van der Waals surface area contributed by atoms with Crippen molar-refractivity contribution in [2.45, 2.75) is 45.1 Å². The number of guanidine groups is 1. The van der Waals surface area contributed by atoms with E-state index in [-0.39, 0.29) is 24.0 Å². The summed E-state index contributed by atoms with van der Waals surface area (Å²) in [6.45, 7) is 8.33. The quantitative estimate of drug-likeness (QED) is 0.206. The maximum absolute atomic E-state index is 11.6. The molecule has 0 aliphatic carbocycles. The zero-order valence-corrected chi connectivity index (χ0v) is 21.3. The predicted molar refractivity (Wildman–Crippen MR) is 128 cm³/mol. The highest BCUT2D eigenvalue weighted by Crippen LogP contribution is 2.20. The number of nitrogens with zero attached hydrogens (tertiary/aromatic N) is 3. The van der Waals surface area contributed by atoms with E-state index in [4.69, 9.17) is 14.5 Å². The Labute approximate surface area is 193 Å². The van der Waals surface area contributed by atoms with E-state index in [0.717, 1.165) is 77.5 Å². The molecule has 172 valence electrons. The van der Waals surface area contributed by atoms with Crippen molar-refractivity contribution in [3.05, 3.63) is 0 Å². The van der Waals surface area contributed by atoms with E-state index in [0.29, 0.717) is 25.1 Å². The van der Waals surface area contributed by atoms with Gasteiger partial charge in [0.05, 0.1) is 12.4 Å². The topological polar surface area (TPSA) is 83.5 Å². The van der Waals surface area contributed by atoms with Crippen LogP contribution in [0.3, 0.4) is 0 Å². The van der Waals surface area contributed by atoms with Gasteiger partial charge in [-0.3, -0.25) is 4.99 Å². The van der Waals surface area contributed by atoms with E-state index in [1.165, 1.54) is 6.26 Å². The summed E-state index contributed by atoms with van der Waals surface area (Å²) in [4.78, 5) is 7.19. The Bertz CT molecular complexity index is 575. The molecule has 2 saturated heterocycles. The Morgan fingerprint density at radius 2 is 1.76 bits per heavy atom. The zero-order valence-electron chi connectivity index (χ0n) is 18.1. The molecule has 2 heterocycles. The van der Waals surface area contributed by atoms with Crippen LogP contribution in [0, 0.1) is 5.92 Å². The third kappa shape index (κ3) is 9.67. The second-order valence-corrected chi connectivity index (χ2v) is 9.69. The standard InChI is InChI=1S/C19H38N4O4S.HI/c1-4-20-19(21-16-17-6-12-23(13-7-17)28(3,24)25)22-10-8-18(9-11-22)27-15-5-14-26-2;/h17-18H,4-16H2,1-3H3,(H,20,21);1H. The van der Waals surface area contributed by atoms with Crippen molar-refractivity contribution in [2.75, 3.05) is 65.8 Å². The Balaban J connectivity index is 0.00000420. The van der Waals surface area contributed by atoms with E-state index < -0.39 is 10.0 Å². The summed E-state index contributed by atoms with van der Waals surface area (Å²) in [5.74, 6) is 1.43. The molecule has 29 heavy (non-hydrogen) atoms. The fourth-order valence-corrected chi connectivity index (χ4v) is 4.63. The summed E-state index contributed by atoms with van der Waals surface area (Å²) < 4.78 is 35.9. The number of nitrogens with one attached hydrogen (secondary N) is 1. The van der Waals surface area contributed by atoms with Gasteiger partial charge >= 0.3 is 0 Å². The van der Waals surface area contributed by atoms with Crippen LogP contribution in [0.15, 0.2) is 4.99 Å². The van der Waals surface area contributed by atoms with Crippen LogP contribution in [-0.4, -0.2) is 95.5 Å². The Morgan fingerprint density at radius 1 is 1.10 bits per heavy atom. The minimum Gasteiger partial charge on any atom is -0.385 e. The molecular weight excluding hydrogens is 507 g/mol. The number of sulfonamides is 1. The third-order valence-electron chi connectivity index (χ3n) is 5.46. The molecule has 1 N–H and O–H groups in total. The molecule has 10 heteroatoms. The van der Waals surface area contributed by atoms with Gasteiger partial charge in [-0.1, -0.05) is 0 Å². The monoisotopic (exact) mass is 546 g/mol. The number of hydrogen-bond acceptors (Lipinski definition) is 5. The van der Waals surface area contributed by atoms with E-state index in [1.54, 1.807) is 11.4 Å². The van der Waals surface area contributed by atoms with Crippen molar-refractivity contribution in [3.8, 4) is 0 Å². The number of methoxy groups -OCH3 is 1. The maximum atomic E-state index is 11.6. The van der Waals surface area contributed by atoms with Crippen LogP contribution in [0.1, 0.15) is 39.0 Å². The van der Waals surface area contributed by atoms with Gasteiger partial charge < -0.3 is 19.7 Å². The molecule has 0 aromatic rings. The minimum atomic E-state index is -3.06. The van der Waals surface area contributed by atoms with Crippen LogP contribution in [0.2, 0.25) is 0 Å². The molecule has 8 nitrogen and oxygen atoms in total. The van der Waals surface area contributed by atoms with Crippen LogP contribution < -0.4 is 5.32 Å². The average Bonchev–Trinajstić information content (AvgIpc) is 2.69. The van der Waals surface area contributed by atoms with Gasteiger partial charge in [0.25, 0.3) is 0 Å². The molecule has 0 spiro atoms. The smallest absolute Gasteiger partial charge is 0.211 e. The van der Waals surface area contributed by atoms with Gasteiger partial charge in [-0.25, -0.2) is 12.7 Å². The second-order valence-electron chi connectivity index (χ2n) is 7.70. The number of rotatable bonds is 9. The molecular formula is C19H39IN4O4S. The van der Waals surface area contributed by atoms with Crippen LogP contribution in [0.4, 0.5) is 0 Å². The molecule has 2 fully saturated rings. The molecule has 0 atom stereocenters. The molecule has 2 aliphatic rings. The lowest BCUT2D eigenvalue weighted by Crippen LogP contribution is -2.47. The highest BCUT2D eigenvalue weighted by molar-refractivity contribution is 14.0. The summed E-state index contributed by atoms with van der Waals surface area (Å²) in [6.07, 6.45) is 6.37. The van der Waals surface area contributed by atoms with Crippen molar-refractivity contribution < 1.29 is 17.9 Å². The first-order chi connectivity index (χ1) is 13.4. The van der Waals surface area contributed by atoms with Crippen molar-refractivity contribution in [3.63, 3.8) is 0 Å². The molecule has 2 aliphatic heterocycles. The summed E-state index contributed by atoms with van der Waals surface area (Å²) in [6, 6.07) is 0. The number of aliphatic imine (C=N–C) groups is 1. The maximum Gasteiger partial charge on any atom is 0.211 e. The predicted octanol–water partition coefficient (Wildman–Crippen LogP) is 1.76. The van der Waals surface area contributed by atoms with Crippen molar-refractivity contribution in [1.82, 2.24) is 14.5 Å². The Hall–Kier alpha value is -0.170. The lowest BCUT2D eigenvalue weighted by molar-refractivity contribution is 0.00989. The molecule has 0 saturated carbocycles. The lowest BCUT2D eigenvalue weighted by Gasteiger charge is -2.35. The van der Waals surface area contributed by atoms with Gasteiger partial charge in [0.2, 0.25) is 10.0 Å². The molecule has 0 bridgehead atoms. The number of halogens is 1. The van der Waals surface area contributed by atoms with Gasteiger partial charge in [-0.05, 0) is 44.9 Å². The summed E-state index contributed by atoms with van der Waals surface area (Å²) in [5.41, 5.74) is 0. The SMILES string of the molecule is CCNC(=NCC1CCN(S(C)(=O)=O)CC1)N1CCC(OCCCOC)CC1.I. The van der Waals surface area contributed by atoms with Gasteiger partial charge in [0.1, 0.15) is 0 Å². The zero-order chi connectivity index (χ0) is 20.4. The molecule has 0 radical (unpaired) electrons. The first-order valence-corrected chi connectivity index (χ1v) is 12.4. The van der Waals surface area contributed by atoms with E-state index in [2.05, 4.69) is 17.1 Å². The average molecular weight is 547 g/mol. The fourth-order valence-electron chi connectivity index (χ4n) is 3.75. The normalized spacial score (nSPS) is 20.5. The molecule has 0 aromatic carbocycles. The fraction of sp³-hybridized carbons (Fsp3) is 0.947. The summed E-state index contributed by atoms with van der Waals surface area (Å²) in [5, 5.41) is 3.41. The van der Waals surface area contributed by atoms with Gasteiger partial charge in [-0.2, -0.15) is 0 Å². The first-order valence-electron chi connectivity index (χ1n) is 10.5. The number of likely N-dealkylation sites (tertiary alicyclic amines) is 1. The minimum absolute atomic E-state index is 0. The number of hydrogen-bond donors (Lipinski definition) is 1. The van der Waals surface area contributed by atoms with Gasteiger partial charge in [0, 0.05) is 59.6 Å². The Morgan fingerprint density at radius 3 is 2.31 bits per heavy atom. The van der Waals surface area contributed by atoms with Gasteiger partial charge in [0.15, 0.2) is 5.96 Å². The molecule has 2 rings (SSSR count). The van der Waals surface area contributed by atoms with Crippen LogP contribution in [-0.2, 0) is 19.5 Å². The Kier molecular flexibility index (Phi) is 13.0. The molecule has 0 amide bonds. The summed E-state index contributed by atoms with van der Waals surface area (Å²) in [7, 11) is -1.35. The first kappa shape index (κ1) is 26.9. The van der Waals surface area contributed by atoms with Crippen LogP contribution in [0.25, 0.3) is 0 Å². The van der Waals surface area contributed by atoms with Crippen molar-refractivity contribution >= 4 is 40.0 Å². The second kappa shape index (κ2) is 14.0. The van der Waals surface area contributed by atoms with E-state index >= 15 is 0 Å². The summed E-state index contributed by atoms with van der Waals surface area (Å²) >= 11 is 0. The number of piperidine rings is 2. The highest BCUT2D eigenvalue weighted by atomic mass is 127. The molecule has 0 unspecified atom stereocenters. The van der Waals surface area contributed by atoms with E-state index in [9.17, 15) is 8.42 Å². The number of ether oxygens (including phenoxy) is 2. The van der Waals surface area contributed by atoms with E-state index in [1.807, 2.05) is 0 Å². The van der Waals surface area contributed by atoms with Crippen LogP contribution in [0.5, 0.6) is 0 Å². The van der Waals surface area contributed by atoms with Gasteiger partial charge in [-0.15, -0.1) is 24.0 Å². The largest absolute Gasteiger partial charge is 0.385 e. The van der Waals surface area contributed by atoms with Crippen molar-refractivity contribution in [2.24, 2.45) is 10.9 Å².